The van der Waals surface area contributed by atoms with Crippen LogP contribution in [0.2, 0.25) is 0 Å². The van der Waals surface area contributed by atoms with Gasteiger partial charge in [-0.05, 0) is 12.8 Å². The number of amides is 3. The Bertz CT molecular complexity index is 274. The number of hydrogen-bond acceptors (Lipinski definition) is 2. The monoisotopic (exact) mass is 190 g/mol. The molecule has 2 rings (SSSR count). The summed E-state index contributed by atoms with van der Waals surface area (Å²) < 4.78 is 24.2. The Labute approximate surface area is 72.7 Å². The molecule has 4 nitrogen and oxygen atoms in total. The van der Waals surface area contributed by atoms with Crippen molar-refractivity contribution in [3.8, 4) is 0 Å². The van der Waals surface area contributed by atoms with Gasteiger partial charge >= 0.3 is 6.03 Å². The molecular formula is C7H8F2N2O2. The second-order valence-corrected chi connectivity index (χ2v) is 3.49. The third-order valence-corrected chi connectivity index (χ3v) is 2.59. The highest BCUT2D eigenvalue weighted by molar-refractivity contribution is 6.07. The van der Waals surface area contributed by atoms with E-state index in [-0.39, 0.29) is 12.8 Å². The van der Waals surface area contributed by atoms with Crippen LogP contribution < -0.4 is 10.6 Å². The van der Waals surface area contributed by atoms with Gasteiger partial charge in [0.25, 0.3) is 5.91 Å². The normalized spacial score (nSPS) is 37.6. The number of imide groups is 1. The van der Waals surface area contributed by atoms with Crippen LogP contribution in [0.15, 0.2) is 0 Å². The average Bonchev–Trinajstić information content (AvgIpc) is 2.21. The maximum absolute atomic E-state index is 12.1. The van der Waals surface area contributed by atoms with Gasteiger partial charge < -0.3 is 5.32 Å². The Morgan fingerprint density at radius 2 is 2.00 bits per heavy atom. The Morgan fingerprint density at radius 3 is 2.38 bits per heavy atom. The van der Waals surface area contributed by atoms with Crippen LogP contribution in [0.5, 0.6) is 0 Å². The third-order valence-electron chi connectivity index (χ3n) is 2.59. The van der Waals surface area contributed by atoms with Crippen LogP contribution in [0.4, 0.5) is 13.6 Å². The third kappa shape index (κ3) is 1.08. The Hall–Kier alpha value is -1.20. The summed E-state index contributed by atoms with van der Waals surface area (Å²) in [5.74, 6) is -1.24. The molecule has 2 N–H and O–H groups in total. The van der Waals surface area contributed by atoms with Crippen molar-refractivity contribution in [2.24, 2.45) is 5.92 Å². The molecule has 1 aliphatic heterocycles. The topological polar surface area (TPSA) is 58.2 Å². The SMILES string of the molecule is O=C1NC(=O)C2(CC(C(F)F)C2)N1. The van der Waals surface area contributed by atoms with Crippen LogP contribution in [-0.2, 0) is 4.79 Å². The molecule has 1 spiro atoms. The van der Waals surface area contributed by atoms with E-state index in [2.05, 4.69) is 5.32 Å². The van der Waals surface area contributed by atoms with Crippen LogP contribution in [0.1, 0.15) is 12.8 Å². The highest BCUT2D eigenvalue weighted by Crippen LogP contribution is 2.42. The lowest BCUT2D eigenvalue weighted by atomic mass is 9.68. The summed E-state index contributed by atoms with van der Waals surface area (Å²) in [6.07, 6.45) is -2.32. The van der Waals surface area contributed by atoms with E-state index >= 15 is 0 Å². The predicted molar refractivity (Wildman–Crippen MR) is 38.1 cm³/mol. The number of hydrogen-bond donors (Lipinski definition) is 2. The van der Waals surface area contributed by atoms with Crippen molar-refractivity contribution in [2.75, 3.05) is 0 Å². The second kappa shape index (κ2) is 2.40. The van der Waals surface area contributed by atoms with Crippen molar-refractivity contribution < 1.29 is 18.4 Å². The molecule has 0 radical (unpaired) electrons. The highest BCUT2D eigenvalue weighted by Gasteiger charge is 2.57. The molecule has 6 heteroatoms. The van der Waals surface area contributed by atoms with Gasteiger partial charge in [-0.15, -0.1) is 0 Å². The maximum Gasteiger partial charge on any atom is 0.322 e. The van der Waals surface area contributed by atoms with Crippen LogP contribution in [0.3, 0.4) is 0 Å². The molecule has 2 aliphatic rings. The van der Waals surface area contributed by atoms with Crippen molar-refractivity contribution in [2.45, 2.75) is 24.8 Å². The summed E-state index contributed by atoms with van der Waals surface area (Å²) in [6, 6.07) is -0.585. The van der Waals surface area contributed by atoms with Gasteiger partial charge in [-0.25, -0.2) is 13.6 Å². The van der Waals surface area contributed by atoms with Gasteiger partial charge in [0.05, 0.1) is 0 Å². The van der Waals surface area contributed by atoms with Crippen molar-refractivity contribution in [3.63, 3.8) is 0 Å². The van der Waals surface area contributed by atoms with E-state index < -0.39 is 29.8 Å². The van der Waals surface area contributed by atoms with Gasteiger partial charge in [0.15, 0.2) is 0 Å². The number of urea groups is 1. The van der Waals surface area contributed by atoms with Crippen LogP contribution >= 0.6 is 0 Å². The number of carbonyl (C=O) groups excluding carboxylic acids is 2. The molecule has 0 aromatic carbocycles. The Kier molecular flexibility index (Phi) is 1.55. The van der Waals surface area contributed by atoms with E-state index in [1.807, 2.05) is 5.32 Å². The molecule has 2 fully saturated rings. The highest BCUT2D eigenvalue weighted by atomic mass is 19.3. The first kappa shape index (κ1) is 8.40. The van der Waals surface area contributed by atoms with Gasteiger partial charge in [0, 0.05) is 5.92 Å². The van der Waals surface area contributed by atoms with Gasteiger partial charge in [-0.2, -0.15) is 0 Å². The summed E-state index contributed by atoms with van der Waals surface area (Å²) in [6.45, 7) is 0. The lowest BCUT2D eigenvalue weighted by molar-refractivity contribution is -0.131. The fourth-order valence-electron chi connectivity index (χ4n) is 1.83. The zero-order valence-corrected chi connectivity index (χ0v) is 6.64. The van der Waals surface area contributed by atoms with E-state index in [4.69, 9.17) is 0 Å². The molecule has 0 atom stereocenters. The summed E-state index contributed by atoms with van der Waals surface area (Å²) in [4.78, 5) is 21.8. The predicted octanol–water partition coefficient (Wildman–Crippen LogP) is 0.240. The molecule has 1 heterocycles. The Balaban J connectivity index is 2.03. The lowest BCUT2D eigenvalue weighted by Gasteiger charge is -2.41. The van der Waals surface area contributed by atoms with Crippen molar-refractivity contribution in [1.29, 1.82) is 0 Å². The van der Waals surface area contributed by atoms with Gasteiger partial charge in [-0.3, -0.25) is 10.1 Å². The first-order valence-corrected chi connectivity index (χ1v) is 3.95. The van der Waals surface area contributed by atoms with Crippen molar-refractivity contribution in [1.82, 2.24) is 10.6 Å². The number of rotatable bonds is 1. The van der Waals surface area contributed by atoms with Gasteiger partial charge in [-0.1, -0.05) is 0 Å². The zero-order chi connectivity index (χ0) is 9.64. The molecule has 1 aliphatic carbocycles. The minimum atomic E-state index is -2.41. The number of carbonyl (C=O) groups is 2. The Morgan fingerprint density at radius 1 is 1.38 bits per heavy atom. The largest absolute Gasteiger partial charge is 0.323 e. The molecule has 1 saturated carbocycles. The van der Waals surface area contributed by atoms with E-state index in [9.17, 15) is 18.4 Å². The minimum Gasteiger partial charge on any atom is -0.323 e. The fourth-order valence-corrected chi connectivity index (χ4v) is 1.83. The summed E-state index contributed by atoms with van der Waals surface area (Å²) >= 11 is 0. The second-order valence-electron chi connectivity index (χ2n) is 3.49. The molecule has 0 aromatic heterocycles. The number of halogens is 2. The van der Waals surface area contributed by atoms with Gasteiger partial charge in [0.2, 0.25) is 6.43 Å². The number of alkyl halides is 2. The smallest absolute Gasteiger partial charge is 0.322 e. The summed E-state index contributed by atoms with van der Waals surface area (Å²) in [5.41, 5.74) is -1.03. The van der Waals surface area contributed by atoms with Crippen LogP contribution in [0, 0.1) is 5.92 Å². The molecule has 72 valence electrons. The van der Waals surface area contributed by atoms with E-state index in [1.165, 1.54) is 0 Å². The quantitative estimate of drug-likeness (QED) is 0.582. The van der Waals surface area contributed by atoms with Gasteiger partial charge in [0.1, 0.15) is 5.54 Å². The molecule has 13 heavy (non-hydrogen) atoms. The van der Waals surface area contributed by atoms with E-state index in [0.29, 0.717) is 0 Å². The molecule has 0 unspecified atom stereocenters. The summed E-state index contributed by atoms with van der Waals surface area (Å²) in [7, 11) is 0. The zero-order valence-electron chi connectivity index (χ0n) is 6.64. The van der Waals surface area contributed by atoms with Crippen LogP contribution in [-0.4, -0.2) is 23.9 Å². The van der Waals surface area contributed by atoms with E-state index in [1.54, 1.807) is 0 Å². The van der Waals surface area contributed by atoms with Crippen molar-refractivity contribution in [3.05, 3.63) is 0 Å². The molecular weight excluding hydrogens is 182 g/mol. The standard InChI is InChI=1S/C7H8F2N2O2/c8-4(9)3-1-7(2-3)5(12)10-6(13)11-7/h3-4H,1-2H2,(H2,10,11,12,13). The minimum absolute atomic E-state index is 0.0439. The van der Waals surface area contributed by atoms with E-state index in [0.717, 1.165) is 0 Å². The van der Waals surface area contributed by atoms with Crippen molar-refractivity contribution >= 4 is 11.9 Å². The average molecular weight is 190 g/mol. The van der Waals surface area contributed by atoms with Crippen LogP contribution in [0.25, 0.3) is 0 Å². The first-order chi connectivity index (χ1) is 6.03. The molecule has 3 amide bonds. The number of nitrogens with one attached hydrogen (secondary N) is 2. The molecule has 0 bridgehead atoms. The lowest BCUT2D eigenvalue weighted by Crippen LogP contribution is -2.58. The summed E-state index contributed by atoms with van der Waals surface area (Å²) in [5, 5.41) is 4.40. The maximum atomic E-state index is 12.1. The molecule has 0 aromatic rings. The molecule has 1 saturated heterocycles. The first-order valence-electron chi connectivity index (χ1n) is 3.95. The fraction of sp³-hybridized carbons (Fsp3) is 0.714.